The standard InChI is InChI=1S/C13H18N4O2S2/c1-10-2-3-13(20-10)21(18,19)16-7-4-11(5-8-16)17-9-6-12(14)15-17/h2-3,6,9,11H,4-5,7-8H2,1H3,(H2,14,15). The van der Waals surface area contributed by atoms with Gasteiger partial charge in [-0.15, -0.1) is 11.3 Å². The van der Waals surface area contributed by atoms with Crippen LogP contribution in [0.15, 0.2) is 28.6 Å². The van der Waals surface area contributed by atoms with Crippen molar-refractivity contribution in [1.82, 2.24) is 14.1 Å². The Bertz CT molecular complexity index is 727. The summed E-state index contributed by atoms with van der Waals surface area (Å²) < 4.78 is 28.9. The molecule has 1 fully saturated rings. The van der Waals surface area contributed by atoms with Crippen molar-refractivity contribution in [2.45, 2.75) is 30.0 Å². The van der Waals surface area contributed by atoms with E-state index in [1.807, 2.05) is 23.9 Å². The minimum Gasteiger partial charge on any atom is -0.382 e. The molecule has 21 heavy (non-hydrogen) atoms. The average molecular weight is 326 g/mol. The average Bonchev–Trinajstić information content (AvgIpc) is 3.08. The van der Waals surface area contributed by atoms with Gasteiger partial charge in [0.1, 0.15) is 10.0 Å². The van der Waals surface area contributed by atoms with Gasteiger partial charge in [0.2, 0.25) is 0 Å². The molecule has 0 saturated carbocycles. The molecule has 3 rings (SSSR count). The van der Waals surface area contributed by atoms with E-state index in [-0.39, 0.29) is 6.04 Å². The molecule has 0 unspecified atom stereocenters. The van der Waals surface area contributed by atoms with Crippen LogP contribution in [0.25, 0.3) is 0 Å². The molecule has 0 radical (unpaired) electrons. The zero-order valence-corrected chi connectivity index (χ0v) is 13.4. The van der Waals surface area contributed by atoms with E-state index in [1.165, 1.54) is 11.3 Å². The number of nitrogens with zero attached hydrogens (tertiary/aromatic N) is 3. The van der Waals surface area contributed by atoms with Crippen molar-refractivity contribution >= 4 is 27.2 Å². The Balaban J connectivity index is 1.71. The molecule has 1 aliphatic heterocycles. The minimum absolute atomic E-state index is 0.221. The maximum atomic E-state index is 12.5. The monoisotopic (exact) mass is 326 g/mol. The lowest BCUT2D eigenvalue weighted by Crippen LogP contribution is -2.38. The number of anilines is 1. The largest absolute Gasteiger partial charge is 0.382 e. The van der Waals surface area contributed by atoms with Gasteiger partial charge in [-0.2, -0.15) is 9.40 Å². The number of hydrogen-bond acceptors (Lipinski definition) is 5. The summed E-state index contributed by atoms with van der Waals surface area (Å²) in [4.78, 5) is 1.01. The van der Waals surface area contributed by atoms with Crippen LogP contribution in [0.3, 0.4) is 0 Å². The summed E-state index contributed by atoms with van der Waals surface area (Å²) in [6.07, 6.45) is 3.36. The first-order valence-electron chi connectivity index (χ1n) is 6.84. The second-order valence-electron chi connectivity index (χ2n) is 5.22. The number of nitrogen functional groups attached to an aromatic ring is 1. The van der Waals surface area contributed by atoms with Crippen molar-refractivity contribution in [2.75, 3.05) is 18.8 Å². The molecule has 1 saturated heterocycles. The lowest BCUT2D eigenvalue weighted by atomic mass is 10.1. The predicted octanol–water partition coefficient (Wildman–Crippen LogP) is 1.86. The van der Waals surface area contributed by atoms with Crippen LogP contribution >= 0.6 is 11.3 Å². The lowest BCUT2D eigenvalue weighted by molar-refractivity contribution is 0.262. The van der Waals surface area contributed by atoms with E-state index in [4.69, 9.17) is 5.73 Å². The van der Waals surface area contributed by atoms with Gasteiger partial charge < -0.3 is 5.73 Å². The number of nitrogens with two attached hydrogens (primary N) is 1. The van der Waals surface area contributed by atoms with Crippen molar-refractivity contribution in [2.24, 2.45) is 0 Å². The van der Waals surface area contributed by atoms with E-state index in [0.29, 0.717) is 23.1 Å². The first-order valence-corrected chi connectivity index (χ1v) is 9.10. The summed E-state index contributed by atoms with van der Waals surface area (Å²) in [6.45, 7) is 2.95. The summed E-state index contributed by atoms with van der Waals surface area (Å²) >= 11 is 1.33. The topological polar surface area (TPSA) is 81.2 Å². The van der Waals surface area contributed by atoms with E-state index < -0.39 is 10.0 Å². The number of rotatable bonds is 3. The van der Waals surface area contributed by atoms with Crippen molar-refractivity contribution < 1.29 is 8.42 Å². The molecule has 8 heteroatoms. The zero-order chi connectivity index (χ0) is 15.0. The van der Waals surface area contributed by atoms with Crippen LogP contribution in [-0.2, 0) is 10.0 Å². The summed E-state index contributed by atoms with van der Waals surface area (Å²) in [5, 5.41) is 4.21. The second kappa shape index (κ2) is 5.43. The second-order valence-corrected chi connectivity index (χ2v) is 8.67. The highest BCUT2D eigenvalue weighted by Gasteiger charge is 2.31. The highest BCUT2D eigenvalue weighted by Crippen LogP contribution is 2.29. The molecule has 114 valence electrons. The van der Waals surface area contributed by atoms with E-state index in [1.54, 1.807) is 16.4 Å². The fourth-order valence-electron chi connectivity index (χ4n) is 2.58. The Morgan fingerprint density at radius 3 is 2.52 bits per heavy atom. The molecule has 2 aromatic rings. The van der Waals surface area contributed by atoms with Gasteiger partial charge in [-0.05, 0) is 38.0 Å². The van der Waals surface area contributed by atoms with Crippen LogP contribution in [0, 0.1) is 6.92 Å². The highest BCUT2D eigenvalue weighted by molar-refractivity contribution is 7.91. The quantitative estimate of drug-likeness (QED) is 0.933. The normalized spacial score (nSPS) is 18.1. The molecule has 6 nitrogen and oxygen atoms in total. The molecular formula is C13H18N4O2S2. The molecule has 0 amide bonds. The van der Waals surface area contributed by atoms with Gasteiger partial charge in [0.15, 0.2) is 0 Å². The maximum absolute atomic E-state index is 12.5. The molecule has 0 aliphatic carbocycles. The maximum Gasteiger partial charge on any atom is 0.252 e. The van der Waals surface area contributed by atoms with Gasteiger partial charge in [-0.25, -0.2) is 8.42 Å². The summed E-state index contributed by atoms with van der Waals surface area (Å²) in [7, 11) is -3.34. The molecule has 0 bridgehead atoms. The summed E-state index contributed by atoms with van der Waals surface area (Å²) in [5.74, 6) is 0.499. The van der Waals surface area contributed by atoms with Crippen molar-refractivity contribution in [3.63, 3.8) is 0 Å². The Hall–Kier alpha value is -1.38. The number of sulfonamides is 1. The molecule has 3 heterocycles. The number of aromatic nitrogens is 2. The van der Waals surface area contributed by atoms with Crippen molar-refractivity contribution in [3.8, 4) is 0 Å². The van der Waals surface area contributed by atoms with Gasteiger partial charge in [0.05, 0.1) is 6.04 Å². The molecule has 2 aromatic heterocycles. The smallest absolute Gasteiger partial charge is 0.252 e. The Labute approximate surface area is 128 Å². The number of hydrogen-bond donors (Lipinski definition) is 1. The minimum atomic E-state index is -3.34. The molecule has 1 aliphatic rings. The fourth-order valence-corrected chi connectivity index (χ4v) is 5.49. The highest BCUT2D eigenvalue weighted by atomic mass is 32.2. The first kappa shape index (κ1) is 14.6. The Morgan fingerprint density at radius 2 is 2.00 bits per heavy atom. The van der Waals surface area contributed by atoms with Crippen LogP contribution in [0.1, 0.15) is 23.8 Å². The third-order valence-corrected chi connectivity index (χ3v) is 7.10. The Morgan fingerprint density at radius 1 is 1.29 bits per heavy atom. The van der Waals surface area contributed by atoms with Gasteiger partial charge >= 0.3 is 0 Å². The molecule has 0 aromatic carbocycles. The molecule has 0 atom stereocenters. The number of piperidine rings is 1. The van der Waals surface area contributed by atoms with Gasteiger partial charge in [0.25, 0.3) is 10.0 Å². The van der Waals surface area contributed by atoms with Gasteiger partial charge in [0, 0.05) is 24.2 Å². The van der Waals surface area contributed by atoms with Crippen LogP contribution < -0.4 is 5.73 Å². The molecule has 2 N–H and O–H groups in total. The van der Waals surface area contributed by atoms with Crippen LogP contribution in [0.5, 0.6) is 0 Å². The van der Waals surface area contributed by atoms with E-state index in [2.05, 4.69) is 5.10 Å². The SMILES string of the molecule is Cc1ccc(S(=O)(=O)N2CCC(n3ccc(N)n3)CC2)s1. The fraction of sp³-hybridized carbons (Fsp3) is 0.462. The summed E-state index contributed by atoms with van der Waals surface area (Å²) in [6, 6.07) is 5.52. The van der Waals surface area contributed by atoms with Crippen LogP contribution in [0.2, 0.25) is 0 Å². The lowest BCUT2D eigenvalue weighted by Gasteiger charge is -2.30. The number of thiophene rings is 1. The molecular weight excluding hydrogens is 308 g/mol. The predicted molar refractivity (Wildman–Crippen MR) is 82.7 cm³/mol. The van der Waals surface area contributed by atoms with E-state index in [0.717, 1.165) is 17.7 Å². The van der Waals surface area contributed by atoms with Crippen molar-refractivity contribution in [1.29, 1.82) is 0 Å². The Kier molecular flexibility index (Phi) is 3.76. The zero-order valence-electron chi connectivity index (χ0n) is 11.8. The van der Waals surface area contributed by atoms with Gasteiger partial charge in [-0.3, -0.25) is 4.68 Å². The number of aryl methyl sites for hydroxylation is 1. The first-order chi connectivity index (χ1) is 9.96. The third kappa shape index (κ3) is 2.83. The van der Waals surface area contributed by atoms with Gasteiger partial charge in [-0.1, -0.05) is 0 Å². The van der Waals surface area contributed by atoms with E-state index >= 15 is 0 Å². The van der Waals surface area contributed by atoms with Crippen LogP contribution in [-0.4, -0.2) is 35.6 Å². The van der Waals surface area contributed by atoms with Crippen molar-refractivity contribution in [3.05, 3.63) is 29.3 Å². The molecule has 0 spiro atoms. The summed E-state index contributed by atoms with van der Waals surface area (Å²) in [5.41, 5.74) is 5.62. The van der Waals surface area contributed by atoms with Crippen LogP contribution in [0.4, 0.5) is 5.82 Å². The third-order valence-electron chi connectivity index (χ3n) is 3.74. The van der Waals surface area contributed by atoms with E-state index in [9.17, 15) is 8.42 Å².